The van der Waals surface area contributed by atoms with E-state index >= 15 is 0 Å². The van der Waals surface area contributed by atoms with Crippen molar-refractivity contribution in [3.05, 3.63) is 47.5 Å². The minimum absolute atomic E-state index is 0.150. The van der Waals surface area contributed by atoms with E-state index in [4.69, 9.17) is 4.98 Å². The number of carbonyl (C=O) groups excluding carboxylic acids is 1. The molecule has 0 unspecified atom stereocenters. The maximum absolute atomic E-state index is 12.4. The molecular formula is C19H22N2OS. The molecule has 0 saturated heterocycles. The second-order valence-electron chi connectivity index (χ2n) is 6.03. The van der Waals surface area contributed by atoms with Gasteiger partial charge in [-0.25, -0.2) is 4.98 Å². The highest BCUT2D eigenvalue weighted by atomic mass is 32.2. The molecule has 1 aliphatic heterocycles. The minimum atomic E-state index is 0.150. The number of rotatable bonds is 4. The summed E-state index contributed by atoms with van der Waals surface area (Å²) in [6.07, 6.45) is 0.920. The summed E-state index contributed by atoms with van der Waals surface area (Å²) in [6, 6.07) is 12.2. The van der Waals surface area contributed by atoms with Gasteiger partial charge in [0, 0.05) is 29.5 Å². The maximum atomic E-state index is 12.4. The van der Waals surface area contributed by atoms with Crippen molar-refractivity contribution in [2.75, 3.05) is 13.1 Å². The van der Waals surface area contributed by atoms with Crippen molar-refractivity contribution < 1.29 is 4.79 Å². The molecule has 120 valence electrons. The number of benzene rings is 1. The van der Waals surface area contributed by atoms with Gasteiger partial charge < -0.3 is 4.90 Å². The first-order valence-corrected chi connectivity index (χ1v) is 9.02. The third-order valence-corrected chi connectivity index (χ3v) is 4.97. The van der Waals surface area contributed by atoms with Gasteiger partial charge in [-0.15, -0.1) is 11.8 Å². The molecule has 0 radical (unpaired) electrons. The van der Waals surface area contributed by atoms with E-state index in [1.54, 1.807) is 11.8 Å². The summed E-state index contributed by atoms with van der Waals surface area (Å²) in [4.78, 5) is 19.0. The van der Waals surface area contributed by atoms with E-state index in [0.717, 1.165) is 46.9 Å². The SMILES string of the molecule is CCN1CCc2cc(-c3cccc(SC(C)C)n3)ccc2C1=O. The van der Waals surface area contributed by atoms with Gasteiger partial charge in [0.05, 0.1) is 10.7 Å². The molecule has 2 aromatic rings. The van der Waals surface area contributed by atoms with Crippen LogP contribution in [0.3, 0.4) is 0 Å². The van der Waals surface area contributed by atoms with Crippen LogP contribution in [0.15, 0.2) is 41.4 Å². The average molecular weight is 326 g/mol. The van der Waals surface area contributed by atoms with Crippen LogP contribution >= 0.6 is 11.8 Å². The zero-order valence-corrected chi connectivity index (χ0v) is 14.7. The monoisotopic (exact) mass is 326 g/mol. The number of hydrogen-bond acceptors (Lipinski definition) is 3. The van der Waals surface area contributed by atoms with Gasteiger partial charge in [0.1, 0.15) is 0 Å². The van der Waals surface area contributed by atoms with Gasteiger partial charge in [-0.05, 0) is 43.2 Å². The summed E-state index contributed by atoms with van der Waals surface area (Å²) >= 11 is 1.77. The van der Waals surface area contributed by atoms with E-state index in [9.17, 15) is 4.79 Å². The predicted molar refractivity (Wildman–Crippen MR) is 95.9 cm³/mol. The summed E-state index contributed by atoms with van der Waals surface area (Å²) in [5.74, 6) is 0.150. The van der Waals surface area contributed by atoms with Crippen LogP contribution in [0.25, 0.3) is 11.3 Å². The Morgan fingerprint density at radius 1 is 1.26 bits per heavy atom. The van der Waals surface area contributed by atoms with Gasteiger partial charge in [-0.3, -0.25) is 4.79 Å². The Labute approximate surface area is 142 Å². The Kier molecular flexibility index (Phi) is 4.71. The van der Waals surface area contributed by atoms with Crippen LogP contribution in [-0.2, 0) is 6.42 Å². The van der Waals surface area contributed by atoms with Crippen LogP contribution in [0.2, 0.25) is 0 Å². The molecule has 2 heterocycles. The molecule has 3 nitrogen and oxygen atoms in total. The summed E-state index contributed by atoms with van der Waals surface area (Å²) < 4.78 is 0. The second kappa shape index (κ2) is 6.75. The fourth-order valence-corrected chi connectivity index (χ4v) is 3.67. The number of thioether (sulfide) groups is 1. The highest BCUT2D eigenvalue weighted by Gasteiger charge is 2.23. The van der Waals surface area contributed by atoms with E-state index in [1.807, 2.05) is 30.0 Å². The first kappa shape index (κ1) is 16.1. The third-order valence-electron chi connectivity index (χ3n) is 4.03. The summed E-state index contributed by atoms with van der Waals surface area (Å²) in [6.45, 7) is 7.95. The minimum Gasteiger partial charge on any atom is -0.339 e. The van der Waals surface area contributed by atoms with Gasteiger partial charge in [-0.2, -0.15) is 0 Å². The molecule has 0 saturated carbocycles. The van der Waals surface area contributed by atoms with E-state index in [0.29, 0.717) is 5.25 Å². The van der Waals surface area contributed by atoms with Gasteiger partial charge in [-0.1, -0.05) is 26.0 Å². The van der Waals surface area contributed by atoms with Crippen molar-refractivity contribution in [1.29, 1.82) is 0 Å². The van der Waals surface area contributed by atoms with E-state index < -0.39 is 0 Å². The second-order valence-corrected chi connectivity index (χ2v) is 7.63. The maximum Gasteiger partial charge on any atom is 0.254 e. The number of carbonyl (C=O) groups is 1. The Morgan fingerprint density at radius 2 is 2.09 bits per heavy atom. The zero-order valence-electron chi connectivity index (χ0n) is 13.9. The number of amides is 1. The lowest BCUT2D eigenvalue weighted by atomic mass is 9.95. The molecule has 0 atom stereocenters. The number of hydrogen-bond donors (Lipinski definition) is 0. The molecule has 4 heteroatoms. The summed E-state index contributed by atoms with van der Waals surface area (Å²) in [5, 5.41) is 1.56. The van der Waals surface area contributed by atoms with E-state index in [2.05, 4.69) is 32.0 Å². The van der Waals surface area contributed by atoms with Crippen LogP contribution in [0.1, 0.15) is 36.7 Å². The molecule has 1 amide bonds. The van der Waals surface area contributed by atoms with Gasteiger partial charge in [0.2, 0.25) is 0 Å². The summed E-state index contributed by atoms with van der Waals surface area (Å²) in [5.41, 5.74) is 4.05. The van der Waals surface area contributed by atoms with Crippen molar-refractivity contribution in [3.63, 3.8) is 0 Å². The molecule has 0 fully saturated rings. The van der Waals surface area contributed by atoms with E-state index in [1.165, 1.54) is 0 Å². The zero-order chi connectivity index (χ0) is 16.4. The van der Waals surface area contributed by atoms with Gasteiger partial charge in [0.25, 0.3) is 5.91 Å². The first-order chi connectivity index (χ1) is 11.1. The van der Waals surface area contributed by atoms with Gasteiger partial charge in [0.15, 0.2) is 0 Å². The topological polar surface area (TPSA) is 33.2 Å². The molecule has 23 heavy (non-hydrogen) atoms. The molecule has 0 spiro atoms. The molecule has 0 aliphatic carbocycles. The smallest absolute Gasteiger partial charge is 0.254 e. The van der Waals surface area contributed by atoms with Crippen molar-refractivity contribution in [2.24, 2.45) is 0 Å². The molecule has 3 rings (SSSR count). The number of likely N-dealkylation sites (N-methyl/N-ethyl adjacent to an activating group) is 1. The normalized spacial score (nSPS) is 14.3. The summed E-state index contributed by atoms with van der Waals surface area (Å²) in [7, 11) is 0. The lowest BCUT2D eigenvalue weighted by molar-refractivity contribution is 0.0749. The highest BCUT2D eigenvalue weighted by molar-refractivity contribution is 7.99. The Balaban J connectivity index is 1.92. The van der Waals surface area contributed by atoms with Crippen LogP contribution in [0.4, 0.5) is 0 Å². The standard InChI is InChI=1S/C19H22N2OS/c1-4-21-11-10-14-12-15(8-9-16(14)19(21)22)17-6-5-7-18(20-17)23-13(2)3/h5-9,12-13H,4,10-11H2,1-3H3. The third kappa shape index (κ3) is 3.42. The van der Waals surface area contributed by atoms with Crippen molar-refractivity contribution in [3.8, 4) is 11.3 Å². The quantitative estimate of drug-likeness (QED) is 0.787. The van der Waals surface area contributed by atoms with Gasteiger partial charge >= 0.3 is 0 Å². The first-order valence-electron chi connectivity index (χ1n) is 8.14. The fraction of sp³-hybridized carbons (Fsp3) is 0.368. The molecule has 1 aromatic carbocycles. The average Bonchev–Trinajstić information content (AvgIpc) is 2.54. The molecule has 1 aliphatic rings. The van der Waals surface area contributed by atoms with Crippen LogP contribution in [-0.4, -0.2) is 34.1 Å². The lowest BCUT2D eigenvalue weighted by Crippen LogP contribution is -2.37. The van der Waals surface area contributed by atoms with Crippen LogP contribution in [0.5, 0.6) is 0 Å². The number of aromatic nitrogens is 1. The highest BCUT2D eigenvalue weighted by Crippen LogP contribution is 2.28. The Hall–Kier alpha value is -1.81. The fourth-order valence-electron chi connectivity index (χ4n) is 2.88. The largest absolute Gasteiger partial charge is 0.339 e. The Morgan fingerprint density at radius 3 is 2.83 bits per heavy atom. The Bertz CT molecular complexity index is 727. The van der Waals surface area contributed by atoms with Crippen LogP contribution in [0, 0.1) is 0 Å². The molecule has 0 N–H and O–H groups in total. The van der Waals surface area contributed by atoms with Crippen molar-refractivity contribution in [2.45, 2.75) is 37.5 Å². The molecule has 0 bridgehead atoms. The molecular weight excluding hydrogens is 304 g/mol. The van der Waals surface area contributed by atoms with E-state index in [-0.39, 0.29) is 5.91 Å². The van der Waals surface area contributed by atoms with Crippen molar-refractivity contribution >= 4 is 17.7 Å². The lowest BCUT2D eigenvalue weighted by Gasteiger charge is -2.27. The number of nitrogens with zero attached hydrogens (tertiary/aromatic N) is 2. The van der Waals surface area contributed by atoms with Crippen LogP contribution < -0.4 is 0 Å². The number of fused-ring (bicyclic) bond motifs is 1. The number of pyridine rings is 1. The molecule has 1 aromatic heterocycles. The predicted octanol–water partition coefficient (Wildman–Crippen LogP) is 4.27. The van der Waals surface area contributed by atoms with Crippen molar-refractivity contribution in [1.82, 2.24) is 9.88 Å².